The normalized spacial score (nSPS) is 23.3. The average molecular weight is 396 g/mol. The molecule has 0 aromatic rings. The average Bonchev–Trinajstić information content (AvgIpc) is 2.66. The maximum absolute atomic E-state index is 12.8. The van der Waals surface area contributed by atoms with Crippen molar-refractivity contribution in [2.75, 3.05) is 39.8 Å². The van der Waals surface area contributed by atoms with Gasteiger partial charge in [-0.25, -0.2) is 0 Å². The molecule has 0 spiro atoms. The number of aliphatic carboxylic acids is 1. The SMILES string of the molecule is CN(CC(=O)N1CCCC(C(=O)O)C1)C(=O)C1CCCN(C(=O)C(C)(C)C)C1. The van der Waals surface area contributed by atoms with Crippen LogP contribution in [0.3, 0.4) is 0 Å². The molecule has 0 aromatic heterocycles. The molecule has 3 amide bonds. The highest BCUT2D eigenvalue weighted by Crippen LogP contribution is 2.24. The highest BCUT2D eigenvalue weighted by atomic mass is 16.4. The third-order valence-electron chi connectivity index (χ3n) is 5.57. The Balaban J connectivity index is 1.92. The number of carboxylic acids is 1. The molecule has 2 atom stereocenters. The topological polar surface area (TPSA) is 98.2 Å². The van der Waals surface area contributed by atoms with Crippen molar-refractivity contribution in [1.82, 2.24) is 14.7 Å². The fourth-order valence-electron chi connectivity index (χ4n) is 3.94. The Bertz CT molecular complexity index is 628. The highest BCUT2D eigenvalue weighted by Gasteiger charge is 2.35. The number of carboxylic acid groups (broad SMARTS) is 1. The number of hydrogen-bond acceptors (Lipinski definition) is 4. The molecule has 158 valence electrons. The van der Waals surface area contributed by atoms with Crippen molar-refractivity contribution in [2.24, 2.45) is 17.3 Å². The summed E-state index contributed by atoms with van der Waals surface area (Å²) in [5.41, 5.74) is -0.484. The lowest BCUT2D eigenvalue weighted by atomic mass is 9.90. The summed E-state index contributed by atoms with van der Waals surface area (Å²) in [4.78, 5) is 53.8. The van der Waals surface area contributed by atoms with E-state index in [1.54, 1.807) is 16.8 Å². The number of likely N-dealkylation sites (N-methyl/N-ethyl adjacent to an activating group) is 1. The summed E-state index contributed by atoms with van der Waals surface area (Å²) in [6.07, 6.45) is 2.71. The number of nitrogens with zero attached hydrogens (tertiary/aromatic N) is 3. The molecule has 0 bridgehead atoms. The molecule has 2 unspecified atom stereocenters. The molecule has 8 nitrogen and oxygen atoms in total. The minimum atomic E-state index is -0.882. The second-order valence-electron chi connectivity index (χ2n) is 9.05. The Morgan fingerprint density at radius 1 is 0.964 bits per heavy atom. The maximum Gasteiger partial charge on any atom is 0.308 e. The first kappa shape index (κ1) is 22.2. The molecular formula is C20H33N3O5. The van der Waals surface area contributed by atoms with Gasteiger partial charge in [0.1, 0.15) is 0 Å². The van der Waals surface area contributed by atoms with Gasteiger partial charge < -0.3 is 19.8 Å². The van der Waals surface area contributed by atoms with Crippen molar-refractivity contribution in [2.45, 2.75) is 46.5 Å². The minimum Gasteiger partial charge on any atom is -0.481 e. The van der Waals surface area contributed by atoms with Crippen LogP contribution in [0, 0.1) is 17.3 Å². The first-order valence-corrected chi connectivity index (χ1v) is 10.1. The Labute approximate surface area is 166 Å². The predicted octanol–water partition coefficient (Wildman–Crippen LogP) is 1.05. The highest BCUT2D eigenvalue weighted by molar-refractivity contribution is 5.87. The second kappa shape index (κ2) is 8.92. The number of carbonyl (C=O) groups excluding carboxylic acids is 3. The molecule has 0 radical (unpaired) electrons. The van der Waals surface area contributed by atoms with Crippen LogP contribution in [0.25, 0.3) is 0 Å². The zero-order chi connectivity index (χ0) is 21.1. The van der Waals surface area contributed by atoms with Crippen LogP contribution in [-0.4, -0.2) is 83.3 Å². The molecule has 2 fully saturated rings. The molecule has 0 aromatic carbocycles. The standard InChI is InChI=1S/C20H33N3O5/c1-20(2,3)19(28)23-10-5-7-14(11-23)17(25)21(4)13-16(24)22-9-6-8-15(12-22)18(26)27/h14-15H,5-13H2,1-4H3,(H,26,27). The number of rotatable bonds is 4. The molecule has 2 saturated heterocycles. The molecule has 28 heavy (non-hydrogen) atoms. The van der Waals surface area contributed by atoms with Crippen molar-refractivity contribution in [3.05, 3.63) is 0 Å². The lowest BCUT2D eigenvalue weighted by Crippen LogP contribution is -2.51. The number of hydrogen-bond donors (Lipinski definition) is 1. The summed E-state index contributed by atoms with van der Waals surface area (Å²) in [7, 11) is 1.60. The maximum atomic E-state index is 12.8. The lowest BCUT2D eigenvalue weighted by Gasteiger charge is -2.37. The summed E-state index contributed by atoms with van der Waals surface area (Å²) in [5, 5.41) is 9.17. The first-order chi connectivity index (χ1) is 13.0. The van der Waals surface area contributed by atoms with Crippen LogP contribution < -0.4 is 0 Å². The number of carbonyl (C=O) groups is 4. The number of amides is 3. The van der Waals surface area contributed by atoms with E-state index < -0.39 is 17.3 Å². The van der Waals surface area contributed by atoms with Crippen LogP contribution in [0.15, 0.2) is 0 Å². The van der Waals surface area contributed by atoms with Crippen LogP contribution in [0.4, 0.5) is 0 Å². The van der Waals surface area contributed by atoms with Gasteiger partial charge in [0.15, 0.2) is 0 Å². The van der Waals surface area contributed by atoms with E-state index >= 15 is 0 Å². The van der Waals surface area contributed by atoms with Gasteiger partial charge in [-0.3, -0.25) is 19.2 Å². The molecule has 0 saturated carbocycles. The van der Waals surface area contributed by atoms with E-state index in [2.05, 4.69) is 0 Å². The van der Waals surface area contributed by atoms with Crippen LogP contribution in [0.1, 0.15) is 46.5 Å². The van der Waals surface area contributed by atoms with Gasteiger partial charge in [0.25, 0.3) is 0 Å². The Kier molecular flexibility index (Phi) is 7.06. The van der Waals surface area contributed by atoms with Crippen molar-refractivity contribution in [1.29, 1.82) is 0 Å². The Morgan fingerprint density at radius 2 is 1.50 bits per heavy atom. The zero-order valence-electron chi connectivity index (χ0n) is 17.4. The first-order valence-electron chi connectivity index (χ1n) is 10.1. The van der Waals surface area contributed by atoms with Crippen molar-refractivity contribution < 1.29 is 24.3 Å². The van der Waals surface area contributed by atoms with Gasteiger partial charge in [0.2, 0.25) is 17.7 Å². The summed E-state index contributed by atoms with van der Waals surface area (Å²) in [5.74, 6) is -2.03. The molecule has 1 N–H and O–H groups in total. The second-order valence-corrected chi connectivity index (χ2v) is 9.05. The van der Waals surface area contributed by atoms with E-state index in [0.29, 0.717) is 38.9 Å². The quantitative estimate of drug-likeness (QED) is 0.767. The van der Waals surface area contributed by atoms with Gasteiger partial charge in [-0.05, 0) is 25.7 Å². The fraction of sp³-hybridized carbons (Fsp3) is 0.800. The Morgan fingerprint density at radius 3 is 2.07 bits per heavy atom. The van der Waals surface area contributed by atoms with Gasteiger partial charge >= 0.3 is 5.97 Å². The molecule has 2 aliphatic rings. The van der Waals surface area contributed by atoms with Crippen LogP contribution >= 0.6 is 0 Å². The molecule has 2 aliphatic heterocycles. The molecule has 8 heteroatoms. The fourth-order valence-corrected chi connectivity index (χ4v) is 3.94. The molecule has 0 aliphatic carbocycles. The summed E-state index contributed by atoms with van der Waals surface area (Å²) >= 11 is 0. The third kappa shape index (κ3) is 5.45. The van der Waals surface area contributed by atoms with Crippen LogP contribution in [-0.2, 0) is 19.2 Å². The van der Waals surface area contributed by atoms with Gasteiger partial charge in [-0.15, -0.1) is 0 Å². The summed E-state index contributed by atoms with van der Waals surface area (Å²) in [6, 6.07) is 0. The van der Waals surface area contributed by atoms with Crippen LogP contribution in [0.5, 0.6) is 0 Å². The number of piperidine rings is 2. The van der Waals surface area contributed by atoms with E-state index in [4.69, 9.17) is 0 Å². The van der Waals surface area contributed by atoms with E-state index in [9.17, 15) is 24.3 Å². The van der Waals surface area contributed by atoms with E-state index in [-0.39, 0.29) is 36.7 Å². The van der Waals surface area contributed by atoms with E-state index in [1.165, 1.54) is 4.90 Å². The minimum absolute atomic E-state index is 0.0387. The monoisotopic (exact) mass is 395 g/mol. The molecule has 2 rings (SSSR count). The molecular weight excluding hydrogens is 362 g/mol. The summed E-state index contributed by atoms with van der Waals surface area (Å²) in [6.45, 7) is 7.33. The van der Waals surface area contributed by atoms with E-state index in [1.807, 2.05) is 20.8 Å². The van der Waals surface area contributed by atoms with Crippen LogP contribution in [0.2, 0.25) is 0 Å². The van der Waals surface area contributed by atoms with Crippen molar-refractivity contribution in [3.63, 3.8) is 0 Å². The predicted molar refractivity (Wildman–Crippen MR) is 103 cm³/mol. The van der Waals surface area contributed by atoms with Gasteiger partial charge in [0.05, 0.1) is 18.4 Å². The molecule has 2 heterocycles. The van der Waals surface area contributed by atoms with Gasteiger partial charge in [-0.1, -0.05) is 20.8 Å². The smallest absolute Gasteiger partial charge is 0.308 e. The van der Waals surface area contributed by atoms with Gasteiger partial charge in [0, 0.05) is 38.6 Å². The van der Waals surface area contributed by atoms with E-state index in [0.717, 1.165) is 6.42 Å². The third-order valence-corrected chi connectivity index (χ3v) is 5.57. The largest absolute Gasteiger partial charge is 0.481 e. The van der Waals surface area contributed by atoms with Crippen molar-refractivity contribution in [3.8, 4) is 0 Å². The van der Waals surface area contributed by atoms with Gasteiger partial charge in [-0.2, -0.15) is 0 Å². The Hall–Kier alpha value is -2.12. The summed E-state index contributed by atoms with van der Waals surface area (Å²) < 4.78 is 0. The number of likely N-dealkylation sites (tertiary alicyclic amines) is 2. The zero-order valence-corrected chi connectivity index (χ0v) is 17.4. The van der Waals surface area contributed by atoms with Crippen molar-refractivity contribution >= 4 is 23.7 Å². The lowest BCUT2D eigenvalue weighted by molar-refractivity contribution is -0.150.